The molecule has 0 fully saturated rings. The molecule has 1 aromatic carbocycles. The Morgan fingerprint density at radius 3 is 2.48 bits per heavy atom. The number of ether oxygens (including phenoxy) is 2. The van der Waals surface area contributed by atoms with Gasteiger partial charge in [-0.25, -0.2) is 4.79 Å². The van der Waals surface area contributed by atoms with E-state index < -0.39 is 30.2 Å². The van der Waals surface area contributed by atoms with E-state index in [1.165, 1.54) is 18.2 Å². The van der Waals surface area contributed by atoms with E-state index in [0.29, 0.717) is 6.29 Å². The fourth-order valence-corrected chi connectivity index (χ4v) is 1.94. The van der Waals surface area contributed by atoms with Crippen molar-refractivity contribution in [3.8, 4) is 5.75 Å². The molecule has 7 nitrogen and oxygen atoms in total. The summed E-state index contributed by atoms with van der Waals surface area (Å²) in [4.78, 5) is 45.8. The largest absolute Gasteiger partial charge is 0.481 e. The number of ketones is 1. The summed E-state index contributed by atoms with van der Waals surface area (Å²) in [7, 11) is 0. The normalized spacial score (nSPS) is 11.4. The Labute approximate surface area is 133 Å². The van der Waals surface area contributed by atoms with Gasteiger partial charge in [-0.1, -0.05) is 6.92 Å². The van der Waals surface area contributed by atoms with Crippen LogP contribution in [0.1, 0.15) is 41.0 Å². The van der Waals surface area contributed by atoms with Gasteiger partial charge in [-0.3, -0.25) is 14.4 Å². The molecule has 0 heterocycles. The van der Waals surface area contributed by atoms with Gasteiger partial charge in [-0.05, 0) is 31.5 Å². The van der Waals surface area contributed by atoms with E-state index in [0.717, 1.165) is 0 Å². The Morgan fingerprint density at radius 2 is 1.96 bits per heavy atom. The van der Waals surface area contributed by atoms with Crippen molar-refractivity contribution in [1.82, 2.24) is 0 Å². The molecule has 0 bridgehead atoms. The number of hydrogen-bond donors (Lipinski definition) is 1. The minimum absolute atomic E-state index is 0.0355. The fraction of sp³-hybridized carbons (Fsp3) is 0.375. The Bertz CT molecular complexity index is 606. The topological polar surface area (TPSA) is 107 Å². The second kappa shape index (κ2) is 8.67. The number of aldehydes is 1. The lowest BCUT2D eigenvalue weighted by molar-refractivity contribution is -0.145. The van der Waals surface area contributed by atoms with E-state index in [9.17, 15) is 19.2 Å². The standard InChI is InChI=1S/C16H18O7/c1-3-11(16(20)21)15(19)12-7-10(8-17)5-6-13(12)23-9-14(18)22-4-2/h5-8,11H,3-4,9H2,1-2H3,(H,20,21). The Kier molecular flexibility index (Phi) is 6.92. The van der Waals surface area contributed by atoms with E-state index in [4.69, 9.17) is 14.6 Å². The maximum atomic E-state index is 12.4. The van der Waals surface area contributed by atoms with Gasteiger partial charge in [-0.15, -0.1) is 0 Å². The smallest absolute Gasteiger partial charge is 0.344 e. The number of Topliss-reactive ketones (excluding diaryl/α,β-unsaturated/α-hetero) is 1. The number of carboxylic acids is 1. The molecule has 0 aliphatic carbocycles. The van der Waals surface area contributed by atoms with Crippen LogP contribution in [0.5, 0.6) is 5.75 Å². The molecule has 0 radical (unpaired) electrons. The highest BCUT2D eigenvalue weighted by molar-refractivity contribution is 6.10. The van der Waals surface area contributed by atoms with Crippen molar-refractivity contribution in [3.63, 3.8) is 0 Å². The van der Waals surface area contributed by atoms with E-state index >= 15 is 0 Å². The van der Waals surface area contributed by atoms with Gasteiger partial charge in [0, 0.05) is 5.56 Å². The zero-order valence-electron chi connectivity index (χ0n) is 12.9. The molecular formula is C16H18O7. The molecule has 0 aromatic heterocycles. The molecule has 124 valence electrons. The molecule has 0 aliphatic rings. The second-order valence-electron chi connectivity index (χ2n) is 4.63. The molecule has 1 atom stereocenters. The molecule has 0 aliphatic heterocycles. The third kappa shape index (κ3) is 4.91. The van der Waals surface area contributed by atoms with Gasteiger partial charge in [0.05, 0.1) is 12.2 Å². The average molecular weight is 322 g/mol. The maximum Gasteiger partial charge on any atom is 0.344 e. The summed E-state index contributed by atoms with van der Waals surface area (Å²) in [5.41, 5.74) is 0.158. The Morgan fingerprint density at radius 1 is 1.26 bits per heavy atom. The van der Waals surface area contributed by atoms with Crippen molar-refractivity contribution in [1.29, 1.82) is 0 Å². The van der Waals surface area contributed by atoms with Gasteiger partial charge in [0.15, 0.2) is 12.4 Å². The lowest BCUT2D eigenvalue weighted by Crippen LogP contribution is -2.24. The Hall–Kier alpha value is -2.70. The van der Waals surface area contributed by atoms with Crippen LogP contribution in [0.4, 0.5) is 0 Å². The molecule has 0 saturated heterocycles. The van der Waals surface area contributed by atoms with Gasteiger partial charge < -0.3 is 14.6 Å². The SMILES string of the molecule is CCOC(=O)COc1ccc(C=O)cc1C(=O)C(CC)C(=O)O. The predicted octanol–water partition coefficient (Wildman–Crippen LogP) is 1.73. The number of benzene rings is 1. The molecule has 7 heteroatoms. The molecule has 0 saturated carbocycles. The molecule has 1 unspecified atom stereocenters. The summed E-state index contributed by atoms with van der Waals surface area (Å²) in [5, 5.41) is 9.11. The lowest BCUT2D eigenvalue weighted by Gasteiger charge is -2.14. The number of aliphatic carboxylic acids is 1. The number of carbonyl (C=O) groups excluding carboxylic acids is 3. The zero-order valence-corrected chi connectivity index (χ0v) is 12.9. The molecule has 0 amide bonds. The maximum absolute atomic E-state index is 12.4. The van der Waals surface area contributed by atoms with E-state index in [1.54, 1.807) is 13.8 Å². The third-order valence-corrected chi connectivity index (χ3v) is 3.08. The minimum atomic E-state index is -1.26. The highest BCUT2D eigenvalue weighted by Gasteiger charge is 2.28. The van der Waals surface area contributed by atoms with Crippen molar-refractivity contribution in [2.24, 2.45) is 5.92 Å². The fourth-order valence-electron chi connectivity index (χ4n) is 1.94. The summed E-state index contributed by atoms with van der Waals surface area (Å²) in [5.74, 6) is -3.77. The van der Waals surface area contributed by atoms with Crippen molar-refractivity contribution in [2.45, 2.75) is 20.3 Å². The monoisotopic (exact) mass is 322 g/mol. The lowest BCUT2D eigenvalue weighted by atomic mass is 9.94. The van der Waals surface area contributed by atoms with Crippen LogP contribution in [-0.4, -0.2) is 42.3 Å². The van der Waals surface area contributed by atoms with Crippen LogP contribution < -0.4 is 4.74 Å². The molecule has 23 heavy (non-hydrogen) atoms. The summed E-state index contributed by atoms with van der Waals surface area (Å²) in [6.45, 7) is 2.98. The van der Waals surface area contributed by atoms with Gasteiger partial charge in [0.2, 0.25) is 0 Å². The number of carbonyl (C=O) groups is 4. The summed E-state index contributed by atoms with van der Waals surface area (Å²) >= 11 is 0. The van der Waals surface area contributed by atoms with Crippen LogP contribution in [0.25, 0.3) is 0 Å². The highest BCUT2D eigenvalue weighted by Crippen LogP contribution is 2.24. The van der Waals surface area contributed by atoms with E-state index in [-0.39, 0.29) is 29.9 Å². The van der Waals surface area contributed by atoms with E-state index in [1.807, 2.05) is 0 Å². The number of carboxylic acid groups (broad SMARTS) is 1. The molecule has 1 rings (SSSR count). The van der Waals surface area contributed by atoms with Crippen molar-refractivity contribution in [2.75, 3.05) is 13.2 Å². The quantitative estimate of drug-likeness (QED) is 0.319. The molecular weight excluding hydrogens is 304 g/mol. The first-order valence-corrected chi connectivity index (χ1v) is 7.09. The first kappa shape index (κ1) is 18.3. The van der Waals surface area contributed by atoms with Gasteiger partial charge in [0.1, 0.15) is 18.0 Å². The first-order chi connectivity index (χ1) is 10.9. The highest BCUT2D eigenvalue weighted by atomic mass is 16.6. The van der Waals surface area contributed by atoms with Crippen LogP contribution in [0, 0.1) is 5.92 Å². The summed E-state index contributed by atoms with van der Waals surface area (Å²) in [6, 6.07) is 4.01. The van der Waals surface area contributed by atoms with Crippen LogP contribution in [0.2, 0.25) is 0 Å². The third-order valence-electron chi connectivity index (χ3n) is 3.08. The van der Waals surface area contributed by atoms with Gasteiger partial charge in [0.25, 0.3) is 0 Å². The number of hydrogen-bond acceptors (Lipinski definition) is 6. The second-order valence-corrected chi connectivity index (χ2v) is 4.63. The number of rotatable bonds is 9. The predicted molar refractivity (Wildman–Crippen MR) is 79.7 cm³/mol. The van der Waals surface area contributed by atoms with Crippen LogP contribution >= 0.6 is 0 Å². The van der Waals surface area contributed by atoms with Crippen molar-refractivity contribution < 1.29 is 33.8 Å². The average Bonchev–Trinajstić information content (AvgIpc) is 2.53. The van der Waals surface area contributed by atoms with Crippen molar-refractivity contribution in [3.05, 3.63) is 29.3 Å². The van der Waals surface area contributed by atoms with Gasteiger partial charge >= 0.3 is 11.9 Å². The molecule has 1 aromatic rings. The Balaban J connectivity index is 3.11. The minimum Gasteiger partial charge on any atom is -0.481 e. The molecule has 1 N–H and O–H groups in total. The van der Waals surface area contributed by atoms with Crippen molar-refractivity contribution >= 4 is 24.0 Å². The zero-order chi connectivity index (χ0) is 17.4. The number of esters is 1. The van der Waals surface area contributed by atoms with Crippen LogP contribution in [-0.2, 0) is 14.3 Å². The van der Waals surface area contributed by atoms with Crippen LogP contribution in [0.15, 0.2) is 18.2 Å². The summed E-state index contributed by atoms with van der Waals surface area (Å²) < 4.78 is 9.96. The van der Waals surface area contributed by atoms with Gasteiger partial charge in [-0.2, -0.15) is 0 Å². The van der Waals surface area contributed by atoms with E-state index in [2.05, 4.69) is 0 Å². The first-order valence-electron chi connectivity index (χ1n) is 7.09. The van der Waals surface area contributed by atoms with Crippen LogP contribution in [0.3, 0.4) is 0 Å². The molecule has 0 spiro atoms. The summed E-state index contributed by atoms with van der Waals surface area (Å²) in [6.07, 6.45) is 0.629.